The zero-order chi connectivity index (χ0) is 41.8. The number of fused-ring (bicyclic) bond motifs is 6. The van der Waals surface area contributed by atoms with Crippen LogP contribution in [-0.4, -0.2) is 0 Å². The zero-order valence-electron chi connectivity index (χ0n) is 36.0. The van der Waals surface area contributed by atoms with E-state index in [0.29, 0.717) is 0 Å². The zero-order valence-corrected chi connectivity index (χ0v) is 36.0. The summed E-state index contributed by atoms with van der Waals surface area (Å²) in [7, 11) is 0. The van der Waals surface area contributed by atoms with Crippen LogP contribution < -0.4 is 10.2 Å². The Morgan fingerprint density at radius 3 is 1.95 bits per heavy atom. The molecule has 9 aromatic rings. The van der Waals surface area contributed by atoms with E-state index in [9.17, 15) is 0 Å². The monoisotopic (exact) mass is 790 g/mol. The molecule has 0 atom stereocenters. The number of nitrogens with one attached hydrogen (secondary N) is 1. The van der Waals surface area contributed by atoms with Crippen LogP contribution in [-0.2, 0) is 16.2 Å². The minimum atomic E-state index is -0.245. The lowest BCUT2D eigenvalue weighted by Crippen LogP contribution is -2.25. The number of para-hydroxylation sites is 2. The lowest BCUT2D eigenvalue weighted by molar-refractivity contribution is 0.576. The Kier molecular flexibility index (Phi) is 8.13. The summed E-state index contributed by atoms with van der Waals surface area (Å²) in [5.74, 6) is 0. The van der Waals surface area contributed by atoms with Crippen molar-refractivity contribution in [2.75, 3.05) is 10.2 Å². The third-order valence-corrected chi connectivity index (χ3v) is 13.6. The summed E-state index contributed by atoms with van der Waals surface area (Å²) >= 11 is 0. The van der Waals surface area contributed by atoms with Gasteiger partial charge in [-0.2, -0.15) is 0 Å². The lowest BCUT2D eigenvalue weighted by Gasteiger charge is -2.36. The number of hydrogen-bond acceptors (Lipinski definition) is 3. The highest BCUT2D eigenvalue weighted by molar-refractivity contribution is 6.07. The van der Waals surface area contributed by atoms with Gasteiger partial charge in [-0.15, -0.1) is 0 Å². The van der Waals surface area contributed by atoms with Crippen LogP contribution >= 0.6 is 0 Å². The second-order valence-corrected chi connectivity index (χ2v) is 19.1. The molecule has 2 aliphatic carbocycles. The van der Waals surface area contributed by atoms with Crippen molar-refractivity contribution in [1.29, 1.82) is 0 Å². The van der Waals surface area contributed by atoms with Crippen LogP contribution in [0, 0.1) is 0 Å². The van der Waals surface area contributed by atoms with Crippen molar-refractivity contribution in [2.24, 2.45) is 0 Å². The molecule has 0 saturated heterocycles. The molecule has 1 heterocycles. The predicted molar refractivity (Wildman–Crippen MR) is 257 cm³/mol. The van der Waals surface area contributed by atoms with Crippen LogP contribution in [0.4, 0.5) is 28.4 Å². The molecule has 298 valence electrons. The number of anilines is 5. The quantitative estimate of drug-likeness (QED) is 0.182. The van der Waals surface area contributed by atoms with Gasteiger partial charge in [0, 0.05) is 61.5 Å². The molecule has 0 unspecified atom stereocenters. The number of hydrogen-bond donors (Lipinski definition) is 1. The molecule has 2 aliphatic rings. The van der Waals surface area contributed by atoms with Gasteiger partial charge in [0.25, 0.3) is 0 Å². The van der Waals surface area contributed by atoms with Gasteiger partial charge in [0.15, 0.2) is 0 Å². The molecule has 0 fully saturated rings. The van der Waals surface area contributed by atoms with E-state index >= 15 is 0 Å². The molecule has 8 aromatic carbocycles. The van der Waals surface area contributed by atoms with Crippen LogP contribution in [0.3, 0.4) is 0 Å². The molecule has 3 heteroatoms. The average Bonchev–Trinajstić information content (AvgIpc) is 3.75. The molecule has 11 rings (SSSR count). The number of furan rings is 1. The van der Waals surface area contributed by atoms with Gasteiger partial charge >= 0.3 is 0 Å². The highest BCUT2D eigenvalue weighted by Gasteiger charge is 2.43. The van der Waals surface area contributed by atoms with Crippen LogP contribution in [0.25, 0.3) is 55.3 Å². The Morgan fingerprint density at radius 1 is 0.492 bits per heavy atom. The molecular formula is C58H50N2O. The van der Waals surface area contributed by atoms with Crippen molar-refractivity contribution in [3.63, 3.8) is 0 Å². The van der Waals surface area contributed by atoms with Gasteiger partial charge in [0.2, 0.25) is 0 Å². The van der Waals surface area contributed by atoms with E-state index in [1.54, 1.807) is 0 Å². The van der Waals surface area contributed by atoms with Crippen LogP contribution in [0.15, 0.2) is 174 Å². The molecule has 3 nitrogen and oxygen atoms in total. The summed E-state index contributed by atoms with van der Waals surface area (Å²) in [5.41, 5.74) is 21.3. The van der Waals surface area contributed by atoms with E-state index in [4.69, 9.17) is 4.42 Å². The molecule has 0 amide bonds. The van der Waals surface area contributed by atoms with E-state index in [-0.39, 0.29) is 16.2 Å². The van der Waals surface area contributed by atoms with Gasteiger partial charge in [-0.1, -0.05) is 152 Å². The van der Waals surface area contributed by atoms with Gasteiger partial charge in [-0.3, -0.25) is 0 Å². The third-order valence-electron chi connectivity index (χ3n) is 13.6. The fourth-order valence-corrected chi connectivity index (χ4v) is 10.1. The topological polar surface area (TPSA) is 28.4 Å². The van der Waals surface area contributed by atoms with E-state index in [0.717, 1.165) is 50.4 Å². The maximum atomic E-state index is 6.54. The van der Waals surface area contributed by atoms with Crippen molar-refractivity contribution < 1.29 is 4.42 Å². The average molecular weight is 791 g/mol. The smallest absolute Gasteiger partial charge is 0.137 e. The Bertz CT molecular complexity index is 3200. The van der Waals surface area contributed by atoms with Gasteiger partial charge in [-0.25, -0.2) is 0 Å². The third kappa shape index (κ3) is 5.78. The maximum absolute atomic E-state index is 6.54. The Hall–Kier alpha value is -6.84. The van der Waals surface area contributed by atoms with Gasteiger partial charge in [-0.05, 0) is 116 Å². The number of benzene rings is 8. The highest BCUT2D eigenvalue weighted by atomic mass is 16.3. The molecule has 0 spiro atoms. The van der Waals surface area contributed by atoms with Crippen LogP contribution in [0.2, 0.25) is 0 Å². The minimum Gasteiger partial charge on any atom is -0.456 e. The predicted octanol–water partition coefficient (Wildman–Crippen LogP) is 16.4. The van der Waals surface area contributed by atoms with Crippen LogP contribution in [0.5, 0.6) is 0 Å². The van der Waals surface area contributed by atoms with E-state index < -0.39 is 0 Å². The maximum Gasteiger partial charge on any atom is 0.137 e. The fraction of sp³-hybridized carbons (Fsp3) is 0.172. The molecule has 1 N–H and O–H groups in total. The summed E-state index contributed by atoms with van der Waals surface area (Å²) in [6.07, 6.45) is 0. The molecule has 0 radical (unpaired) electrons. The Morgan fingerprint density at radius 2 is 1.16 bits per heavy atom. The molecule has 0 aliphatic heterocycles. The number of rotatable bonds is 6. The molecule has 61 heavy (non-hydrogen) atoms. The van der Waals surface area contributed by atoms with Gasteiger partial charge in [0.1, 0.15) is 11.2 Å². The van der Waals surface area contributed by atoms with E-state index in [1.807, 2.05) is 6.07 Å². The molecular weight excluding hydrogens is 741 g/mol. The fourth-order valence-electron chi connectivity index (χ4n) is 10.1. The standard InChI is InChI=1S/C58H50N2O/c1-56(2,3)38-33-48-55-49(34-38)58(6,7)47-21-15-20-45(54(47)55)46-32-37(57(48,4)5)24-31-51(46)60(41-29-30-44-43-19-12-14-23-52(43)61-53(44)35-41)40-27-25-39(26-28-40)59-50-22-13-11-18-42(50)36-16-9-8-10-17-36/h8-35,59H,1-7H3. The molecule has 1 aromatic heterocycles. The van der Waals surface area contributed by atoms with Crippen molar-refractivity contribution in [3.05, 3.63) is 198 Å². The molecule has 2 bridgehead atoms. The van der Waals surface area contributed by atoms with Gasteiger partial charge < -0.3 is 14.6 Å². The summed E-state index contributed by atoms with van der Waals surface area (Å²) in [4.78, 5) is 2.42. The summed E-state index contributed by atoms with van der Waals surface area (Å²) < 4.78 is 6.54. The Labute approximate surface area is 359 Å². The van der Waals surface area contributed by atoms with Gasteiger partial charge in [0.05, 0.1) is 5.69 Å². The van der Waals surface area contributed by atoms with Crippen molar-refractivity contribution in [1.82, 2.24) is 0 Å². The summed E-state index contributed by atoms with van der Waals surface area (Å²) in [6, 6.07) is 62.2. The Balaban J connectivity index is 1.11. The number of nitrogens with zero attached hydrogens (tertiary/aromatic N) is 1. The SMILES string of the molecule is CC(C)(C)c1cc2c3c(c1)C(C)(C)c1cccc(c1-3)-c1cc(ccc1N(c1ccc(Nc3ccccc3-c3ccccc3)cc1)c1ccc3c(c1)oc1ccccc13)C2(C)C. The largest absolute Gasteiger partial charge is 0.456 e. The summed E-state index contributed by atoms with van der Waals surface area (Å²) in [5, 5.41) is 5.98. The van der Waals surface area contributed by atoms with Crippen LogP contribution in [0.1, 0.15) is 76.3 Å². The van der Waals surface area contributed by atoms with E-state index in [1.165, 1.54) is 61.2 Å². The minimum absolute atomic E-state index is 0.0183. The first-order valence-corrected chi connectivity index (χ1v) is 21.6. The summed E-state index contributed by atoms with van der Waals surface area (Å²) in [6.45, 7) is 16.7. The van der Waals surface area contributed by atoms with Crippen molar-refractivity contribution in [2.45, 2.75) is 64.7 Å². The normalized spacial score (nSPS) is 14.4. The first-order valence-electron chi connectivity index (χ1n) is 21.6. The first kappa shape index (κ1) is 37.2. The first-order chi connectivity index (χ1) is 29.4. The lowest BCUT2D eigenvalue weighted by atomic mass is 9.69. The second kappa shape index (κ2) is 13.3. The van der Waals surface area contributed by atoms with Crippen molar-refractivity contribution in [3.8, 4) is 33.4 Å². The highest BCUT2D eigenvalue weighted by Crippen LogP contribution is 2.59. The molecule has 0 saturated carbocycles. The van der Waals surface area contributed by atoms with E-state index in [2.05, 4.69) is 222 Å². The van der Waals surface area contributed by atoms with Crippen molar-refractivity contribution >= 4 is 50.4 Å². The second-order valence-electron chi connectivity index (χ2n) is 19.1.